The van der Waals surface area contributed by atoms with E-state index in [0.717, 1.165) is 38.0 Å². The number of piperidine rings is 1. The van der Waals surface area contributed by atoms with Crippen molar-refractivity contribution < 1.29 is 15.0 Å². The lowest BCUT2D eigenvalue weighted by molar-refractivity contribution is -0.121. The number of H-pyrrole nitrogens is 1. The van der Waals surface area contributed by atoms with Crippen LogP contribution >= 0.6 is 0 Å². The molecule has 0 bridgehead atoms. The van der Waals surface area contributed by atoms with Gasteiger partial charge in [0.2, 0.25) is 11.5 Å². The molecule has 2 heterocycles. The Morgan fingerprint density at radius 3 is 2.69 bits per heavy atom. The second-order valence-corrected chi connectivity index (χ2v) is 9.78. The van der Waals surface area contributed by atoms with E-state index >= 15 is 0 Å². The van der Waals surface area contributed by atoms with Crippen molar-refractivity contribution in [2.45, 2.75) is 51.8 Å². The lowest BCUT2D eigenvalue weighted by atomic mass is 10.0. The summed E-state index contributed by atoms with van der Waals surface area (Å²) in [6, 6.07) is 12.8. The summed E-state index contributed by atoms with van der Waals surface area (Å²) in [5.74, 6) is 0.0553. The van der Waals surface area contributed by atoms with E-state index in [-0.39, 0.29) is 23.3 Å². The van der Waals surface area contributed by atoms with Gasteiger partial charge >= 0.3 is 0 Å². The van der Waals surface area contributed by atoms with E-state index in [1.165, 1.54) is 23.3 Å². The Morgan fingerprint density at radius 1 is 1.14 bits per heavy atom. The Labute approximate surface area is 211 Å². The number of phenolic OH excluding ortho intramolecular Hbond substituents is 1. The molecule has 0 radical (unpaired) electrons. The number of nitrogens with zero attached hydrogens (tertiary/aromatic N) is 1. The number of aryl methyl sites for hydroxylation is 2. The number of hydrogen-bond acceptors (Lipinski definition) is 6. The molecule has 36 heavy (non-hydrogen) atoms. The van der Waals surface area contributed by atoms with Crippen LogP contribution in [0.1, 0.15) is 47.6 Å². The molecule has 1 fully saturated rings. The lowest BCUT2D eigenvalue weighted by Gasteiger charge is -2.32. The van der Waals surface area contributed by atoms with Crippen molar-refractivity contribution in [3.63, 3.8) is 0 Å². The highest BCUT2D eigenvalue weighted by Gasteiger charge is 2.21. The number of amides is 1. The highest BCUT2D eigenvalue weighted by molar-refractivity contribution is 5.87. The van der Waals surface area contributed by atoms with Gasteiger partial charge in [-0.25, -0.2) is 0 Å². The fourth-order valence-electron chi connectivity index (χ4n) is 4.83. The minimum atomic E-state index is -0.766. The van der Waals surface area contributed by atoms with Crippen LogP contribution in [0.25, 0.3) is 10.9 Å². The summed E-state index contributed by atoms with van der Waals surface area (Å²) in [6.45, 7) is 7.61. The number of aromatic hydroxyl groups is 1. The van der Waals surface area contributed by atoms with Crippen LogP contribution in [0.3, 0.4) is 0 Å². The Bertz CT molecular complexity index is 1260. The molecule has 1 amide bonds. The molecule has 1 atom stereocenters. The van der Waals surface area contributed by atoms with Crippen molar-refractivity contribution in [1.29, 1.82) is 0 Å². The fraction of sp³-hybridized carbons (Fsp3) is 0.429. The number of carbonyl (C=O) groups is 1. The standard InChI is InChI=1S/C28H36N4O4/c1-18-3-4-19(2)20(15-18)16-30-26(35)11-14-32-12-9-21(10-13-32)29-17-25(34)22-5-7-24(33)28-23(22)6-8-27(36)31-28/h3-8,15,21,25,29,33-34H,9-14,16-17H2,1-2H3,(H,30,35)(H,31,36)/t25-/m0/s1. The molecule has 0 unspecified atom stereocenters. The van der Waals surface area contributed by atoms with Crippen LogP contribution in [0, 0.1) is 13.8 Å². The van der Waals surface area contributed by atoms with E-state index in [1.54, 1.807) is 12.1 Å². The number of aliphatic hydroxyl groups excluding tert-OH is 1. The number of benzene rings is 2. The highest BCUT2D eigenvalue weighted by atomic mass is 16.3. The maximum absolute atomic E-state index is 12.4. The number of aromatic amines is 1. The summed E-state index contributed by atoms with van der Waals surface area (Å²) in [7, 11) is 0. The van der Waals surface area contributed by atoms with Crippen LogP contribution in [0.5, 0.6) is 5.75 Å². The van der Waals surface area contributed by atoms with Crippen molar-refractivity contribution in [3.05, 3.63) is 75.1 Å². The Morgan fingerprint density at radius 2 is 1.92 bits per heavy atom. The van der Waals surface area contributed by atoms with Crippen molar-refractivity contribution in [2.24, 2.45) is 0 Å². The number of pyridine rings is 1. The summed E-state index contributed by atoms with van der Waals surface area (Å²) in [5, 5.41) is 28.0. The maximum atomic E-state index is 12.4. The van der Waals surface area contributed by atoms with E-state index in [0.29, 0.717) is 36.0 Å². The molecule has 3 aromatic rings. The monoisotopic (exact) mass is 492 g/mol. The number of aliphatic hydroxyl groups is 1. The number of hydrogen-bond donors (Lipinski definition) is 5. The second-order valence-electron chi connectivity index (χ2n) is 9.78. The van der Waals surface area contributed by atoms with E-state index in [4.69, 9.17) is 0 Å². The first-order valence-electron chi connectivity index (χ1n) is 12.6. The van der Waals surface area contributed by atoms with Gasteiger partial charge in [0.1, 0.15) is 5.75 Å². The van der Waals surface area contributed by atoms with Gasteiger partial charge in [0, 0.05) is 43.5 Å². The molecule has 8 nitrogen and oxygen atoms in total. The van der Waals surface area contributed by atoms with Gasteiger partial charge in [-0.3, -0.25) is 9.59 Å². The molecule has 8 heteroatoms. The predicted molar refractivity (Wildman–Crippen MR) is 141 cm³/mol. The molecule has 1 aliphatic heterocycles. The quantitative estimate of drug-likeness (QED) is 0.314. The third kappa shape index (κ3) is 6.51. The average molecular weight is 493 g/mol. The highest BCUT2D eigenvalue weighted by Crippen LogP contribution is 2.28. The molecule has 1 aliphatic rings. The molecule has 1 aromatic heterocycles. The van der Waals surface area contributed by atoms with Gasteiger partial charge in [-0.1, -0.05) is 29.8 Å². The molecular formula is C28H36N4O4. The molecular weight excluding hydrogens is 456 g/mol. The number of rotatable bonds is 9. The van der Waals surface area contributed by atoms with Crippen molar-refractivity contribution in [1.82, 2.24) is 20.5 Å². The zero-order valence-electron chi connectivity index (χ0n) is 21.0. The van der Waals surface area contributed by atoms with Gasteiger partial charge < -0.3 is 30.7 Å². The van der Waals surface area contributed by atoms with Gasteiger partial charge in [0.15, 0.2) is 0 Å². The summed E-state index contributed by atoms with van der Waals surface area (Å²) in [6.07, 6.45) is 1.61. The average Bonchev–Trinajstić information content (AvgIpc) is 2.87. The second kappa shape index (κ2) is 11.7. The number of fused-ring (bicyclic) bond motifs is 1. The van der Waals surface area contributed by atoms with E-state index in [2.05, 4.69) is 52.6 Å². The smallest absolute Gasteiger partial charge is 0.248 e. The molecule has 0 spiro atoms. The van der Waals surface area contributed by atoms with Crippen molar-refractivity contribution in [3.8, 4) is 5.75 Å². The third-order valence-electron chi connectivity index (χ3n) is 7.09. The minimum Gasteiger partial charge on any atom is -0.506 e. The van der Waals surface area contributed by atoms with Gasteiger partial charge in [0.05, 0.1) is 11.6 Å². The van der Waals surface area contributed by atoms with E-state index in [9.17, 15) is 19.8 Å². The van der Waals surface area contributed by atoms with Crippen LogP contribution < -0.4 is 16.2 Å². The van der Waals surface area contributed by atoms with Crippen LogP contribution in [0.2, 0.25) is 0 Å². The van der Waals surface area contributed by atoms with Gasteiger partial charge in [-0.2, -0.15) is 0 Å². The number of aromatic nitrogens is 1. The minimum absolute atomic E-state index is 0.0158. The fourth-order valence-corrected chi connectivity index (χ4v) is 4.83. The topological polar surface area (TPSA) is 118 Å². The molecule has 0 aliphatic carbocycles. The molecule has 1 saturated heterocycles. The van der Waals surface area contributed by atoms with E-state index in [1.807, 2.05) is 0 Å². The number of likely N-dealkylation sites (tertiary alicyclic amines) is 1. The molecule has 0 saturated carbocycles. The number of carbonyl (C=O) groups excluding carboxylic acids is 1. The first kappa shape index (κ1) is 25.9. The normalized spacial score (nSPS) is 15.8. The molecule has 2 aromatic carbocycles. The first-order valence-corrected chi connectivity index (χ1v) is 12.6. The lowest BCUT2D eigenvalue weighted by Crippen LogP contribution is -2.44. The summed E-state index contributed by atoms with van der Waals surface area (Å²) in [4.78, 5) is 28.9. The van der Waals surface area contributed by atoms with Crippen LogP contribution in [0.15, 0.2) is 47.3 Å². The third-order valence-corrected chi connectivity index (χ3v) is 7.09. The molecule has 4 rings (SSSR count). The number of phenols is 1. The van der Waals surface area contributed by atoms with E-state index < -0.39 is 6.10 Å². The Kier molecular flexibility index (Phi) is 8.40. The first-order chi connectivity index (χ1) is 17.3. The van der Waals surface area contributed by atoms with Crippen LogP contribution in [-0.2, 0) is 11.3 Å². The van der Waals surface area contributed by atoms with Gasteiger partial charge in [-0.05, 0) is 68.6 Å². The molecule has 192 valence electrons. The van der Waals surface area contributed by atoms with Gasteiger partial charge in [0.25, 0.3) is 0 Å². The summed E-state index contributed by atoms with van der Waals surface area (Å²) in [5.41, 5.74) is 4.25. The Hall–Kier alpha value is -3.20. The summed E-state index contributed by atoms with van der Waals surface area (Å²) >= 11 is 0. The van der Waals surface area contributed by atoms with Crippen LogP contribution in [0.4, 0.5) is 0 Å². The molecule has 5 N–H and O–H groups in total. The maximum Gasteiger partial charge on any atom is 0.248 e. The largest absolute Gasteiger partial charge is 0.506 e. The van der Waals surface area contributed by atoms with Crippen molar-refractivity contribution >= 4 is 16.8 Å². The van der Waals surface area contributed by atoms with Crippen LogP contribution in [-0.4, -0.2) is 58.2 Å². The zero-order valence-corrected chi connectivity index (χ0v) is 21.0. The summed E-state index contributed by atoms with van der Waals surface area (Å²) < 4.78 is 0. The zero-order chi connectivity index (χ0) is 25.7. The predicted octanol–water partition coefficient (Wildman–Crippen LogP) is 2.64. The Balaban J connectivity index is 1.19. The SMILES string of the molecule is Cc1ccc(C)c(CNC(=O)CCN2CCC(NC[C@H](O)c3ccc(O)c4[nH]c(=O)ccc34)CC2)c1. The van der Waals surface area contributed by atoms with Gasteiger partial charge in [-0.15, -0.1) is 0 Å². The number of nitrogens with one attached hydrogen (secondary N) is 3. The van der Waals surface area contributed by atoms with Crippen molar-refractivity contribution in [2.75, 3.05) is 26.2 Å².